The first-order chi connectivity index (χ1) is 9.22. The number of carbonyl (C=O) groups excluding carboxylic acids is 1. The van der Waals surface area contributed by atoms with E-state index in [2.05, 4.69) is 26.0 Å². The molecule has 0 aliphatic carbocycles. The highest BCUT2D eigenvalue weighted by atomic mass is 16.5. The molecule has 1 atom stereocenters. The van der Waals surface area contributed by atoms with Crippen molar-refractivity contribution in [3.8, 4) is 0 Å². The minimum atomic E-state index is -0.273. The number of hydrogen-bond donors (Lipinski definition) is 4. The molecule has 0 radical (unpaired) electrons. The highest BCUT2D eigenvalue weighted by molar-refractivity contribution is 5.85. The van der Waals surface area contributed by atoms with Crippen molar-refractivity contribution in [3.05, 3.63) is 11.9 Å². The van der Waals surface area contributed by atoms with E-state index in [1.54, 1.807) is 13.2 Å². The van der Waals surface area contributed by atoms with Gasteiger partial charge >= 0.3 is 0 Å². The molecular weight excluding hydrogens is 248 g/mol. The predicted molar refractivity (Wildman–Crippen MR) is 70.2 cm³/mol. The molecule has 0 spiro atoms. The number of carbonyl (C=O) groups is 1. The Morgan fingerprint density at radius 2 is 2.32 bits per heavy atom. The predicted octanol–water partition coefficient (Wildman–Crippen LogP) is -0.401. The van der Waals surface area contributed by atoms with Gasteiger partial charge in [0.25, 0.3) is 0 Å². The number of hydrazine groups is 1. The quantitative estimate of drug-likeness (QED) is 0.423. The molecule has 1 unspecified atom stereocenters. The van der Waals surface area contributed by atoms with Crippen molar-refractivity contribution in [1.29, 1.82) is 0 Å². The van der Waals surface area contributed by atoms with Gasteiger partial charge in [-0.05, 0) is 12.8 Å². The molecule has 8 heteroatoms. The van der Waals surface area contributed by atoms with Crippen LogP contribution in [0.3, 0.4) is 0 Å². The number of rotatable bonds is 5. The fourth-order valence-corrected chi connectivity index (χ4v) is 1.93. The first-order valence-electron chi connectivity index (χ1n) is 6.10. The van der Waals surface area contributed by atoms with Gasteiger partial charge in [0.05, 0.1) is 0 Å². The van der Waals surface area contributed by atoms with Gasteiger partial charge in [0.2, 0.25) is 5.91 Å². The molecule has 5 N–H and O–H groups in total. The zero-order valence-corrected chi connectivity index (χ0v) is 10.8. The van der Waals surface area contributed by atoms with Gasteiger partial charge in [0.1, 0.15) is 24.3 Å². The summed E-state index contributed by atoms with van der Waals surface area (Å²) in [7, 11) is 1.56. The molecule has 1 fully saturated rings. The van der Waals surface area contributed by atoms with Crippen molar-refractivity contribution in [2.24, 2.45) is 5.84 Å². The summed E-state index contributed by atoms with van der Waals surface area (Å²) in [6.45, 7) is 1.01. The van der Waals surface area contributed by atoms with Crippen LogP contribution in [0, 0.1) is 0 Å². The zero-order chi connectivity index (χ0) is 13.7. The molecule has 8 nitrogen and oxygen atoms in total. The molecule has 104 valence electrons. The number of methoxy groups -OCH3 is 1. The van der Waals surface area contributed by atoms with Crippen LogP contribution in [0.5, 0.6) is 0 Å². The van der Waals surface area contributed by atoms with Crippen LogP contribution in [0.2, 0.25) is 0 Å². The Hall–Kier alpha value is -1.93. The van der Waals surface area contributed by atoms with Crippen molar-refractivity contribution in [1.82, 2.24) is 15.3 Å². The molecule has 19 heavy (non-hydrogen) atoms. The monoisotopic (exact) mass is 266 g/mol. The number of hydrogen-bond acceptors (Lipinski definition) is 7. The van der Waals surface area contributed by atoms with Crippen molar-refractivity contribution >= 4 is 17.5 Å². The number of nitrogens with two attached hydrogens (primary N) is 1. The Morgan fingerprint density at radius 3 is 3.00 bits per heavy atom. The average molecular weight is 266 g/mol. The van der Waals surface area contributed by atoms with Crippen molar-refractivity contribution in [2.45, 2.75) is 25.5 Å². The third-order valence-electron chi connectivity index (χ3n) is 2.80. The van der Waals surface area contributed by atoms with E-state index in [9.17, 15) is 4.79 Å². The van der Waals surface area contributed by atoms with E-state index < -0.39 is 0 Å². The van der Waals surface area contributed by atoms with Gasteiger partial charge in [0, 0.05) is 19.7 Å². The number of nitrogens with zero attached hydrogens (tertiary/aromatic N) is 2. The van der Waals surface area contributed by atoms with E-state index in [0.717, 1.165) is 19.4 Å². The lowest BCUT2D eigenvalue weighted by Crippen LogP contribution is -2.44. The second kappa shape index (κ2) is 6.30. The first-order valence-corrected chi connectivity index (χ1v) is 6.10. The molecule has 1 aromatic rings. The van der Waals surface area contributed by atoms with Crippen LogP contribution in [0.15, 0.2) is 6.07 Å². The van der Waals surface area contributed by atoms with Crippen LogP contribution >= 0.6 is 0 Å². The maximum Gasteiger partial charge on any atom is 0.242 e. The molecule has 2 rings (SSSR count). The molecule has 0 bridgehead atoms. The number of aromatic nitrogens is 2. The topological polar surface area (TPSA) is 114 Å². The fourth-order valence-electron chi connectivity index (χ4n) is 1.93. The van der Waals surface area contributed by atoms with E-state index in [1.807, 2.05) is 0 Å². The summed E-state index contributed by atoms with van der Waals surface area (Å²) in [6.07, 6.45) is 1.72. The summed E-state index contributed by atoms with van der Waals surface area (Å²) >= 11 is 0. The zero-order valence-electron chi connectivity index (χ0n) is 10.8. The van der Waals surface area contributed by atoms with Gasteiger partial charge in [-0.3, -0.25) is 4.79 Å². The largest absolute Gasteiger partial charge is 0.377 e. The summed E-state index contributed by atoms with van der Waals surface area (Å²) in [5.74, 6) is 6.87. The van der Waals surface area contributed by atoms with Gasteiger partial charge in [-0.25, -0.2) is 15.8 Å². The summed E-state index contributed by atoms with van der Waals surface area (Å²) in [4.78, 5) is 20.1. The van der Waals surface area contributed by atoms with Gasteiger partial charge < -0.3 is 20.8 Å². The Kier molecular flexibility index (Phi) is 4.48. The SMILES string of the molecule is COCc1nc(NN)cc(NC2CCCNC2=O)n1. The normalized spacial score (nSPS) is 18.8. The molecular formula is C11H18N6O2. The van der Waals surface area contributed by atoms with Crippen LogP contribution in [0.4, 0.5) is 11.6 Å². The lowest BCUT2D eigenvalue weighted by molar-refractivity contribution is -0.123. The van der Waals surface area contributed by atoms with E-state index in [1.165, 1.54) is 0 Å². The fraction of sp³-hybridized carbons (Fsp3) is 0.545. The molecule has 0 aromatic carbocycles. The van der Waals surface area contributed by atoms with Crippen molar-refractivity contribution in [3.63, 3.8) is 0 Å². The number of anilines is 2. The Balaban J connectivity index is 2.13. The van der Waals surface area contributed by atoms with Gasteiger partial charge in [0.15, 0.2) is 5.82 Å². The maximum absolute atomic E-state index is 11.7. The summed E-state index contributed by atoms with van der Waals surface area (Å²) in [5, 5.41) is 5.90. The summed E-state index contributed by atoms with van der Waals surface area (Å²) < 4.78 is 4.99. The van der Waals surface area contributed by atoms with Crippen LogP contribution in [0.1, 0.15) is 18.7 Å². The van der Waals surface area contributed by atoms with Crippen LogP contribution in [0.25, 0.3) is 0 Å². The summed E-state index contributed by atoms with van der Waals surface area (Å²) in [6, 6.07) is 1.38. The number of amides is 1. The Morgan fingerprint density at radius 1 is 1.53 bits per heavy atom. The molecule has 1 amide bonds. The number of nitrogens with one attached hydrogen (secondary N) is 3. The minimum Gasteiger partial charge on any atom is -0.377 e. The molecule has 2 heterocycles. The van der Waals surface area contributed by atoms with Crippen molar-refractivity contribution in [2.75, 3.05) is 24.4 Å². The first kappa shape index (κ1) is 13.5. The second-order valence-corrected chi connectivity index (χ2v) is 4.26. The van der Waals surface area contributed by atoms with Crippen LogP contribution < -0.4 is 21.9 Å². The standard InChI is InChI=1S/C11H18N6O2/c1-19-6-10-15-8(5-9(16-10)17-12)14-7-3-2-4-13-11(7)18/h5,7H,2-4,6,12H2,1H3,(H,13,18)(H2,14,15,16,17). The minimum absolute atomic E-state index is 0.0135. The van der Waals surface area contributed by atoms with E-state index in [-0.39, 0.29) is 18.6 Å². The van der Waals surface area contributed by atoms with Crippen LogP contribution in [-0.2, 0) is 16.1 Å². The number of piperidine rings is 1. The van der Waals surface area contributed by atoms with Gasteiger partial charge in [-0.2, -0.15) is 0 Å². The third kappa shape index (κ3) is 3.52. The van der Waals surface area contributed by atoms with Gasteiger partial charge in [-0.15, -0.1) is 0 Å². The van der Waals surface area contributed by atoms with Crippen molar-refractivity contribution < 1.29 is 9.53 Å². The average Bonchev–Trinajstić information content (AvgIpc) is 2.41. The maximum atomic E-state index is 11.7. The second-order valence-electron chi connectivity index (χ2n) is 4.26. The Bertz CT molecular complexity index is 453. The summed E-state index contributed by atoms with van der Waals surface area (Å²) in [5.41, 5.74) is 2.47. The Labute approximate surface area is 111 Å². The lowest BCUT2D eigenvalue weighted by atomic mass is 10.1. The highest BCUT2D eigenvalue weighted by Crippen LogP contribution is 2.15. The highest BCUT2D eigenvalue weighted by Gasteiger charge is 2.22. The number of nitrogen functional groups attached to an aromatic ring is 1. The van der Waals surface area contributed by atoms with E-state index in [0.29, 0.717) is 17.5 Å². The van der Waals surface area contributed by atoms with Gasteiger partial charge in [-0.1, -0.05) is 0 Å². The number of ether oxygens (including phenoxy) is 1. The molecule has 0 saturated carbocycles. The smallest absolute Gasteiger partial charge is 0.242 e. The van der Waals surface area contributed by atoms with E-state index >= 15 is 0 Å². The molecule has 1 aliphatic rings. The molecule has 1 saturated heterocycles. The molecule has 1 aromatic heterocycles. The van der Waals surface area contributed by atoms with Crippen LogP contribution in [-0.4, -0.2) is 35.6 Å². The molecule has 1 aliphatic heterocycles. The van der Waals surface area contributed by atoms with E-state index in [4.69, 9.17) is 10.6 Å². The lowest BCUT2D eigenvalue weighted by Gasteiger charge is -2.23. The third-order valence-corrected chi connectivity index (χ3v) is 2.80.